The van der Waals surface area contributed by atoms with Gasteiger partial charge >= 0.3 is 0 Å². The maximum absolute atomic E-state index is 13.5. The van der Waals surface area contributed by atoms with Crippen LogP contribution in [0.2, 0.25) is 0 Å². The zero-order valence-electron chi connectivity index (χ0n) is 15.9. The largest absolute Gasteiger partial charge is 0.481 e. The summed E-state index contributed by atoms with van der Waals surface area (Å²) < 4.78 is 5.43. The summed E-state index contributed by atoms with van der Waals surface area (Å²) in [6.45, 7) is 3.20. The van der Waals surface area contributed by atoms with E-state index in [0.717, 1.165) is 44.3 Å². The van der Waals surface area contributed by atoms with E-state index in [4.69, 9.17) is 4.74 Å². The van der Waals surface area contributed by atoms with E-state index >= 15 is 0 Å². The van der Waals surface area contributed by atoms with Crippen molar-refractivity contribution in [2.75, 3.05) is 20.2 Å². The summed E-state index contributed by atoms with van der Waals surface area (Å²) in [5, 5.41) is 0. The summed E-state index contributed by atoms with van der Waals surface area (Å²) in [7, 11) is 1.65. The highest BCUT2D eigenvalue weighted by Crippen LogP contribution is 2.40. The average molecular weight is 365 g/mol. The van der Waals surface area contributed by atoms with Crippen LogP contribution >= 0.6 is 0 Å². The second kappa shape index (κ2) is 7.69. The van der Waals surface area contributed by atoms with Gasteiger partial charge in [0.05, 0.1) is 7.11 Å². The minimum absolute atomic E-state index is 0.290. The molecular weight excluding hydrogens is 338 g/mol. The number of likely N-dealkylation sites (tertiary alicyclic amines) is 2. The van der Waals surface area contributed by atoms with Crippen molar-refractivity contribution in [1.82, 2.24) is 14.8 Å². The number of nitrogens with zero attached hydrogens (tertiary/aromatic N) is 3. The lowest BCUT2D eigenvalue weighted by Gasteiger charge is -2.44. The van der Waals surface area contributed by atoms with Crippen molar-refractivity contribution in [3.8, 4) is 5.88 Å². The van der Waals surface area contributed by atoms with Crippen molar-refractivity contribution < 1.29 is 9.53 Å². The van der Waals surface area contributed by atoms with Gasteiger partial charge in [0, 0.05) is 31.4 Å². The van der Waals surface area contributed by atoms with Crippen LogP contribution in [0, 0.1) is 0 Å². The average Bonchev–Trinajstić information content (AvgIpc) is 3.10. The van der Waals surface area contributed by atoms with Gasteiger partial charge in [0.25, 0.3) is 0 Å². The predicted octanol–water partition coefficient (Wildman–Crippen LogP) is 3.25. The summed E-state index contributed by atoms with van der Waals surface area (Å²) in [5.41, 5.74) is 1.88. The maximum Gasteiger partial charge on any atom is 0.243 e. The second-order valence-corrected chi connectivity index (χ2v) is 7.54. The van der Waals surface area contributed by atoms with Crippen LogP contribution in [-0.4, -0.2) is 46.4 Å². The van der Waals surface area contributed by atoms with Crippen LogP contribution < -0.4 is 4.74 Å². The zero-order chi connectivity index (χ0) is 18.7. The van der Waals surface area contributed by atoms with Crippen LogP contribution in [-0.2, 0) is 17.9 Å². The Morgan fingerprint density at radius 2 is 1.81 bits per heavy atom. The Hall–Kier alpha value is -2.40. The van der Waals surface area contributed by atoms with Gasteiger partial charge in [-0.25, -0.2) is 4.98 Å². The summed E-state index contributed by atoms with van der Waals surface area (Å²) in [6.07, 6.45) is 5.75. The molecule has 5 nitrogen and oxygen atoms in total. The standard InChI is InChI=1S/C22H27N3O2/c1-27-20-19(10-5-13-23-20)17-25-15-7-12-22(25)11-6-14-24(21(22)26)16-18-8-3-2-4-9-18/h2-5,8-10,13H,6-7,11-12,14-17H2,1H3. The lowest BCUT2D eigenvalue weighted by atomic mass is 9.85. The molecule has 5 heteroatoms. The molecule has 2 fully saturated rings. The molecule has 2 aliphatic rings. The molecule has 2 aromatic rings. The third-order valence-corrected chi connectivity index (χ3v) is 5.95. The molecule has 142 valence electrons. The fraction of sp³-hybridized carbons (Fsp3) is 0.455. The van der Waals surface area contributed by atoms with Gasteiger partial charge in [-0.3, -0.25) is 9.69 Å². The molecule has 0 saturated carbocycles. The van der Waals surface area contributed by atoms with Crippen molar-refractivity contribution in [1.29, 1.82) is 0 Å². The molecule has 4 rings (SSSR count). The van der Waals surface area contributed by atoms with E-state index in [1.54, 1.807) is 13.3 Å². The highest BCUT2D eigenvalue weighted by atomic mass is 16.5. The number of piperidine rings is 1. The normalized spacial score (nSPS) is 23.1. The number of ether oxygens (including phenoxy) is 1. The van der Waals surface area contributed by atoms with Gasteiger partial charge in [-0.05, 0) is 43.9 Å². The fourth-order valence-electron chi connectivity index (χ4n) is 4.64. The number of benzene rings is 1. The van der Waals surface area contributed by atoms with Gasteiger partial charge in [-0.2, -0.15) is 0 Å². The number of hydrogen-bond acceptors (Lipinski definition) is 4. The number of methoxy groups -OCH3 is 1. The Labute approximate surface area is 161 Å². The molecular formula is C22H27N3O2. The van der Waals surface area contributed by atoms with Gasteiger partial charge in [-0.1, -0.05) is 36.4 Å². The molecule has 0 aliphatic carbocycles. The number of hydrogen-bond donors (Lipinski definition) is 0. The molecule has 1 atom stereocenters. The molecule has 3 heterocycles. The first kappa shape index (κ1) is 18.0. The summed E-state index contributed by atoms with van der Waals surface area (Å²) in [4.78, 5) is 22.3. The fourth-order valence-corrected chi connectivity index (χ4v) is 4.64. The lowest BCUT2D eigenvalue weighted by Crippen LogP contribution is -2.59. The number of amides is 1. The van der Waals surface area contributed by atoms with Crippen LogP contribution in [0.5, 0.6) is 5.88 Å². The van der Waals surface area contributed by atoms with E-state index in [1.165, 1.54) is 5.56 Å². The molecule has 2 saturated heterocycles. The predicted molar refractivity (Wildman–Crippen MR) is 104 cm³/mol. The van der Waals surface area contributed by atoms with Crippen molar-refractivity contribution >= 4 is 5.91 Å². The highest BCUT2D eigenvalue weighted by molar-refractivity contribution is 5.87. The molecule has 1 spiro atoms. The summed E-state index contributed by atoms with van der Waals surface area (Å²) in [5.74, 6) is 0.946. The molecule has 2 aliphatic heterocycles. The first-order valence-electron chi connectivity index (χ1n) is 9.79. The van der Waals surface area contributed by atoms with Crippen LogP contribution in [0.3, 0.4) is 0 Å². The number of carbonyl (C=O) groups excluding carboxylic acids is 1. The quantitative estimate of drug-likeness (QED) is 0.816. The molecule has 1 amide bonds. The Morgan fingerprint density at radius 1 is 1.04 bits per heavy atom. The van der Waals surface area contributed by atoms with E-state index in [2.05, 4.69) is 26.9 Å². The van der Waals surface area contributed by atoms with Crippen molar-refractivity contribution in [2.24, 2.45) is 0 Å². The SMILES string of the molecule is COc1ncccc1CN1CCCC12CCCN(Cc1ccccc1)C2=O. The second-order valence-electron chi connectivity index (χ2n) is 7.54. The van der Waals surface area contributed by atoms with E-state index in [0.29, 0.717) is 19.0 Å². The zero-order valence-corrected chi connectivity index (χ0v) is 15.9. The number of carbonyl (C=O) groups is 1. The molecule has 0 N–H and O–H groups in total. The van der Waals surface area contributed by atoms with E-state index in [1.807, 2.05) is 30.3 Å². The van der Waals surface area contributed by atoms with Crippen LogP contribution in [0.1, 0.15) is 36.8 Å². The van der Waals surface area contributed by atoms with Crippen molar-refractivity contribution in [3.63, 3.8) is 0 Å². The third-order valence-electron chi connectivity index (χ3n) is 5.95. The first-order valence-corrected chi connectivity index (χ1v) is 9.79. The number of rotatable bonds is 5. The molecule has 1 aromatic heterocycles. The lowest BCUT2D eigenvalue weighted by molar-refractivity contribution is -0.148. The third kappa shape index (κ3) is 3.44. The maximum atomic E-state index is 13.5. The van der Waals surface area contributed by atoms with E-state index < -0.39 is 0 Å². The number of aromatic nitrogens is 1. The summed E-state index contributed by atoms with van der Waals surface area (Å²) in [6, 6.07) is 14.3. The minimum Gasteiger partial charge on any atom is -0.481 e. The van der Waals surface area contributed by atoms with Gasteiger partial charge in [0.15, 0.2) is 0 Å². The Bertz CT molecular complexity index is 795. The molecule has 1 aromatic carbocycles. The first-order chi connectivity index (χ1) is 13.2. The minimum atomic E-state index is -0.367. The van der Waals surface area contributed by atoms with E-state index in [-0.39, 0.29) is 11.4 Å². The highest BCUT2D eigenvalue weighted by Gasteiger charge is 2.50. The van der Waals surface area contributed by atoms with Crippen molar-refractivity contribution in [3.05, 3.63) is 59.8 Å². The summed E-state index contributed by atoms with van der Waals surface area (Å²) >= 11 is 0. The molecule has 0 bridgehead atoms. The van der Waals surface area contributed by atoms with Gasteiger partial charge in [-0.15, -0.1) is 0 Å². The Morgan fingerprint density at radius 3 is 2.59 bits per heavy atom. The van der Waals surface area contributed by atoms with Gasteiger partial charge < -0.3 is 9.64 Å². The Balaban J connectivity index is 1.55. The Kier molecular flexibility index (Phi) is 5.12. The van der Waals surface area contributed by atoms with Crippen LogP contribution in [0.4, 0.5) is 0 Å². The van der Waals surface area contributed by atoms with Crippen LogP contribution in [0.15, 0.2) is 48.7 Å². The van der Waals surface area contributed by atoms with Gasteiger partial charge in [0.1, 0.15) is 5.54 Å². The smallest absolute Gasteiger partial charge is 0.243 e. The molecule has 27 heavy (non-hydrogen) atoms. The van der Waals surface area contributed by atoms with Crippen molar-refractivity contribution in [2.45, 2.75) is 44.3 Å². The molecule has 1 unspecified atom stereocenters. The topological polar surface area (TPSA) is 45.7 Å². The van der Waals surface area contributed by atoms with E-state index in [9.17, 15) is 4.79 Å². The number of pyridine rings is 1. The van der Waals surface area contributed by atoms with Gasteiger partial charge in [0.2, 0.25) is 11.8 Å². The monoisotopic (exact) mass is 365 g/mol. The molecule has 0 radical (unpaired) electrons. The van der Waals surface area contributed by atoms with Crippen LogP contribution in [0.25, 0.3) is 0 Å².